The van der Waals surface area contributed by atoms with Gasteiger partial charge in [0.15, 0.2) is 0 Å². The van der Waals surface area contributed by atoms with E-state index < -0.39 is 0 Å². The highest BCUT2D eigenvalue weighted by Gasteiger charge is 2.28. The zero-order valence-electron chi connectivity index (χ0n) is 12.9. The summed E-state index contributed by atoms with van der Waals surface area (Å²) in [4.78, 5) is 20.7. The number of ether oxygens (including phenoxy) is 2. The summed E-state index contributed by atoms with van der Waals surface area (Å²) >= 11 is 3.10. The first-order valence-corrected chi connectivity index (χ1v) is 9.30. The predicted molar refractivity (Wildman–Crippen MR) is 88.6 cm³/mol. The van der Waals surface area contributed by atoms with Crippen LogP contribution in [0.2, 0.25) is 0 Å². The molecule has 1 saturated heterocycles. The highest BCUT2D eigenvalue weighted by molar-refractivity contribution is 7.09. The average molecular weight is 353 g/mol. The van der Waals surface area contributed by atoms with Crippen molar-refractivity contribution in [2.45, 2.75) is 38.5 Å². The Kier molecular flexibility index (Phi) is 5.71. The Bertz CT molecular complexity index is 630. The van der Waals surface area contributed by atoms with Crippen molar-refractivity contribution in [2.75, 3.05) is 13.2 Å². The zero-order valence-corrected chi connectivity index (χ0v) is 14.5. The summed E-state index contributed by atoms with van der Waals surface area (Å²) in [5.41, 5.74) is 3.51. The molecule has 23 heavy (non-hydrogen) atoms. The molecule has 3 heterocycles. The van der Waals surface area contributed by atoms with Crippen LogP contribution in [0, 0.1) is 6.92 Å². The summed E-state index contributed by atoms with van der Waals surface area (Å²) < 4.78 is 11.4. The van der Waals surface area contributed by atoms with Gasteiger partial charge in [0.2, 0.25) is 5.91 Å². The van der Waals surface area contributed by atoms with Crippen LogP contribution in [0.4, 0.5) is 0 Å². The van der Waals surface area contributed by atoms with E-state index in [1.54, 1.807) is 28.2 Å². The van der Waals surface area contributed by atoms with Crippen LogP contribution >= 0.6 is 22.7 Å². The van der Waals surface area contributed by atoms with Crippen LogP contribution in [-0.2, 0) is 27.3 Å². The Morgan fingerprint density at radius 1 is 1.48 bits per heavy atom. The molecule has 1 amide bonds. The van der Waals surface area contributed by atoms with Crippen molar-refractivity contribution in [3.8, 4) is 0 Å². The fourth-order valence-electron chi connectivity index (χ4n) is 2.45. The van der Waals surface area contributed by atoms with Gasteiger partial charge in [-0.1, -0.05) is 0 Å². The number of amides is 1. The smallest absolute Gasteiger partial charge is 0.226 e. The molecule has 3 rings (SSSR count). The van der Waals surface area contributed by atoms with Gasteiger partial charge in [-0.25, -0.2) is 9.97 Å². The molecule has 0 aromatic carbocycles. The van der Waals surface area contributed by atoms with Gasteiger partial charge in [-0.05, 0) is 13.3 Å². The third-order valence-corrected chi connectivity index (χ3v) is 5.05. The van der Waals surface area contributed by atoms with E-state index in [2.05, 4.69) is 15.3 Å². The van der Waals surface area contributed by atoms with Crippen LogP contribution < -0.4 is 5.32 Å². The number of thiazole rings is 2. The lowest BCUT2D eigenvalue weighted by Crippen LogP contribution is -2.50. The molecule has 1 N–H and O–H groups in total. The number of hydrogen-bond donors (Lipinski definition) is 1. The van der Waals surface area contributed by atoms with Gasteiger partial charge in [0.1, 0.15) is 6.10 Å². The van der Waals surface area contributed by atoms with Gasteiger partial charge in [0, 0.05) is 17.4 Å². The van der Waals surface area contributed by atoms with Crippen LogP contribution in [0.15, 0.2) is 16.3 Å². The minimum atomic E-state index is -0.147. The molecule has 0 aliphatic carbocycles. The Morgan fingerprint density at radius 3 is 3.13 bits per heavy atom. The molecule has 2 atom stereocenters. The number of aromatic nitrogens is 2. The van der Waals surface area contributed by atoms with Gasteiger partial charge in [0.25, 0.3) is 0 Å². The summed E-state index contributed by atoms with van der Waals surface area (Å²) in [7, 11) is 0. The van der Waals surface area contributed by atoms with Gasteiger partial charge in [-0.2, -0.15) is 0 Å². The van der Waals surface area contributed by atoms with Crippen molar-refractivity contribution in [2.24, 2.45) is 0 Å². The Labute approximate surface area is 142 Å². The van der Waals surface area contributed by atoms with Crippen molar-refractivity contribution in [1.82, 2.24) is 15.3 Å². The van der Waals surface area contributed by atoms with E-state index >= 15 is 0 Å². The highest BCUT2D eigenvalue weighted by atomic mass is 32.1. The lowest BCUT2D eigenvalue weighted by atomic mass is 10.1. The number of carbonyl (C=O) groups excluding carboxylic acids is 1. The molecule has 2 aromatic rings. The summed E-state index contributed by atoms with van der Waals surface area (Å²) in [6.07, 6.45) is 0.913. The normalized spacial score (nSPS) is 21.3. The first-order chi connectivity index (χ1) is 11.2. The summed E-state index contributed by atoms with van der Waals surface area (Å²) in [6, 6.07) is -0.0328. The first kappa shape index (κ1) is 16.5. The van der Waals surface area contributed by atoms with E-state index in [4.69, 9.17) is 9.47 Å². The van der Waals surface area contributed by atoms with Crippen LogP contribution in [0.25, 0.3) is 0 Å². The van der Waals surface area contributed by atoms with Crippen molar-refractivity contribution in [1.29, 1.82) is 0 Å². The largest absolute Gasteiger partial charge is 0.379 e. The monoisotopic (exact) mass is 353 g/mol. The number of hydrogen-bond acceptors (Lipinski definition) is 7. The van der Waals surface area contributed by atoms with Crippen LogP contribution in [0.1, 0.15) is 22.8 Å². The van der Waals surface area contributed by atoms with E-state index in [1.807, 2.05) is 17.7 Å². The second kappa shape index (κ2) is 7.96. The van der Waals surface area contributed by atoms with Crippen LogP contribution in [0.5, 0.6) is 0 Å². The molecule has 2 aromatic heterocycles. The second-order valence-corrected chi connectivity index (χ2v) is 7.18. The van der Waals surface area contributed by atoms with E-state index in [9.17, 15) is 4.79 Å². The second-order valence-electron chi connectivity index (χ2n) is 5.40. The molecule has 0 bridgehead atoms. The van der Waals surface area contributed by atoms with Crippen LogP contribution in [0.3, 0.4) is 0 Å². The van der Waals surface area contributed by atoms with Crippen molar-refractivity contribution in [3.63, 3.8) is 0 Å². The minimum Gasteiger partial charge on any atom is -0.379 e. The van der Waals surface area contributed by atoms with E-state index in [0.717, 1.165) is 22.8 Å². The van der Waals surface area contributed by atoms with Crippen molar-refractivity contribution >= 4 is 28.6 Å². The molecule has 6 nitrogen and oxygen atoms in total. The summed E-state index contributed by atoms with van der Waals surface area (Å²) in [6.45, 7) is 3.50. The molecule has 0 spiro atoms. The molecule has 1 fully saturated rings. The summed E-state index contributed by atoms with van der Waals surface area (Å²) in [5.74, 6) is -0.0236. The van der Waals surface area contributed by atoms with Crippen molar-refractivity contribution in [3.05, 3.63) is 32.7 Å². The third-order valence-electron chi connectivity index (χ3n) is 3.59. The van der Waals surface area contributed by atoms with E-state index in [-0.39, 0.29) is 18.1 Å². The standard InChI is InChI=1S/C15H19N3O3S2/c1-10-17-11(8-23-10)4-15(19)18-13-2-3-20-6-14(13)21-5-12-7-22-9-16-12/h7-9,13-14H,2-6H2,1H3,(H,18,19)/t13-,14-/m1/s1. The molecule has 1 aliphatic rings. The molecule has 124 valence electrons. The quantitative estimate of drug-likeness (QED) is 0.859. The third kappa shape index (κ3) is 4.81. The molecular formula is C15H19N3O3S2. The SMILES string of the molecule is Cc1nc(CC(=O)N[C@@H]2CCOC[C@H]2OCc2cscn2)cs1. The first-order valence-electron chi connectivity index (χ1n) is 7.47. The number of nitrogens with one attached hydrogen (secondary N) is 1. The molecule has 1 aliphatic heterocycles. The maximum absolute atomic E-state index is 12.2. The minimum absolute atomic E-state index is 0.0236. The van der Waals surface area contributed by atoms with E-state index in [0.29, 0.717) is 26.2 Å². The van der Waals surface area contributed by atoms with Crippen LogP contribution in [-0.4, -0.2) is 41.2 Å². The Hall–Kier alpha value is -1.35. The molecule has 0 radical (unpaired) electrons. The molecule has 8 heteroatoms. The van der Waals surface area contributed by atoms with Gasteiger partial charge >= 0.3 is 0 Å². The van der Waals surface area contributed by atoms with Gasteiger partial charge in [0.05, 0.1) is 47.6 Å². The maximum Gasteiger partial charge on any atom is 0.226 e. The lowest BCUT2D eigenvalue weighted by molar-refractivity contribution is -0.126. The Balaban J connectivity index is 1.52. The Morgan fingerprint density at radius 2 is 2.39 bits per heavy atom. The molecular weight excluding hydrogens is 334 g/mol. The maximum atomic E-state index is 12.2. The van der Waals surface area contributed by atoms with Gasteiger partial charge in [-0.3, -0.25) is 4.79 Å². The lowest BCUT2D eigenvalue weighted by Gasteiger charge is -2.31. The number of rotatable bonds is 6. The fourth-order valence-corrected chi connectivity index (χ4v) is 3.61. The summed E-state index contributed by atoms with van der Waals surface area (Å²) in [5, 5.41) is 7.92. The topological polar surface area (TPSA) is 73.3 Å². The number of carbonyl (C=O) groups is 1. The average Bonchev–Trinajstić information content (AvgIpc) is 3.18. The fraction of sp³-hybridized carbons (Fsp3) is 0.533. The molecule has 0 unspecified atom stereocenters. The zero-order chi connectivity index (χ0) is 16.1. The molecule has 0 saturated carbocycles. The highest BCUT2D eigenvalue weighted by Crippen LogP contribution is 2.15. The number of nitrogens with zero attached hydrogens (tertiary/aromatic N) is 2. The van der Waals surface area contributed by atoms with Gasteiger partial charge in [-0.15, -0.1) is 22.7 Å². The van der Waals surface area contributed by atoms with E-state index in [1.165, 1.54) is 0 Å². The number of aryl methyl sites for hydroxylation is 1. The predicted octanol–water partition coefficient (Wildman–Crippen LogP) is 1.94. The van der Waals surface area contributed by atoms with Gasteiger partial charge < -0.3 is 14.8 Å². The van der Waals surface area contributed by atoms with Crippen molar-refractivity contribution < 1.29 is 14.3 Å².